The van der Waals surface area contributed by atoms with Crippen molar-refractivity contribution >= 4 is 34.5 Å². The van der Waals surface area contributed by atoms with Crippen LogP contribution in [-0.4, -0.2) is 23.5 Å². The predicted molar refractivity (Wildman–Crippen MR) is 98.3 cm³/mol. The van der Waals surface area contributed by atoms with Gasteiger partial charge in [-0.2, -0.15) is 0 Å². The van der Waals surface area contributed by atoms with E-state index in [1.165, 1.54) is 24.3 Å². The topological polar surface area (TPSA) is 71.2 Å². The molecule has 0 fully saturated rings. The average molecular weight is 352 g/mol. The Morgan fingerprint density at radius 3 is 2.69 bits per heavy atom. The Morgan fingerprint density at radius 2 is 1.96 bits per heavy atom. The minimum absolute atomic E-state index is 0.0777. The molecule has 1 aromatic heterocycles. The number of hydrogen-bond acceptors (Lipinski definition) is 3. The van der Waals surface area contributed by atoms with Crippen molar-refractivity contribution in [1.82, 2.24) is 4.98 Å². The third-order valence-corrected chi connectivity index (χ3v) is 3.72. The van der Waals surface area contributed by atoms with E-state index in [9.17, 15) is 14.0 Å². The number of fused-ring (bicyclic) bond motifs is 1. The Bertz CT molecular complexity index is 977. The lowest BCUT2D eigenvalue weighted by molar-refractivity contribution is -0.111. The van der Waals surface area contributed by atoms with Crippen molar-refractivity contribution in [2.45, 2.75) is 6.92 Å². The first kappa shape index (κ1) is 17.4. The van der Waals surface area contributed by atoms with Crippen LogP contribution in [0, 0.1) is 5.82 Å². The maximum absolute atomic E-state index is 13.6. The highest BCUT2D eigenvalue weighted by Crippen LogP contribution is 2.29. The van der Waals surface area contributed by atoms with Gasteiger partial charge in [0.2, 0.25) is 5.91 Å². The molecule has 0 saturated heterocycles. The van der Waals surface area contributed by atoms with Crippen LogP contribution in [0.15, 0.2) is 54.6 Å². The molecular weight excluding hydrogens is 335 g/mol. The summed E-state index contributed by atoms with van der Waals surface area (Å²) in [6.45, 7) is 1.87. The van der Waals surface area contributed by atoms with Crippen molar-refractivity contribution in [2.24, 2.45) is 0 Å². The molecule has 5 nitrogen and oxygen atoms in total. The van der Waals surface area contributed by atoms with Gasteiger partial charge >= 0.3 is 5.97 Å². The summed E-state index contributed by atoms with van der Waals surface area (Å²) < 4.78 is 18.6. The SMILES string of the molecule is CCOC(=O)c1[nH]c2ccc(F)cc2c1NC(=O)C=Cc1ccccc1. The van der Waals surface area contributed by atoms with Crippen molar-refractivity contribution in [2.75, 3.05) is 11.9 Å². The second-order valence-corrected chi connectivity index (χ2v) is 5.52. The molecule has 0 atom stereocenters. The summed E-state index contributed by atoms with van der Waals surface area (Å²) in [5.41, 5.74) is 1.66. The Kier molecular flexibility index (Phi) is 5.12. The molecule has 0 aliphatic heterocycles. The standard InChI is InChI=1S/C20H17FN2O3/c1-2-26-20(25)19-18(15-12-14(21)9-10-16(15)22-19)23-17(24)11-8-13-6-4-3-5-7-13/h3-12,22H,2H2,1H3,(H,23,24). The number of amides is 1. The molecule has 0 radical (unpaired) electrons. The minimum atomic E-state index is -0.619. The van der Waals surface area contributed by atoms with E-state index in [0.717, 1.165) is 5.56 Å². The molecule has 3 aromatic rings. The predicted octanol–water partition coefficient (Wildman–Crippen LogP) is 4.14. The summed E-state index contributed by atoms with van der Waals surface area (Å²) in [6.07, 6.45) is 3.00. The maximum atomic E-state index is 13.6. The molecule has 132 valence electrons. The van der Waals surface area contributed by atoms with Gasteiger partial charge < -0.3 is 15.0 Å². The number of hydrogen-bond donors (Lipinski definition) is 2. The van der Waals surface area contributed by atoms with Gasteiger partial charge in [-0.25, -0.2) is 9.18 Å². The largest absolute Gasteiger partial charge is 0.461 e. The first-order chi connectivity index (χ1) is 12.6. The quantitative estimate of drug-likeness (QED) is 0.536. The number of benzene rings is 2. The Morgan fingerprint density at radius 1 is 1.19 bits per heavy atom. The normalized spacial score (nSPS) is 11.0. The van der Waals surface area contributed by atoms with Crippen LogP contribution >= 0.6 is 0 Å². The third kappa shape index (κ3) is 3.80. The molecule has 0 bridgehead atoms. The lowest BCUT2D eigenvalue weighted by Crippen LogP contribution is -2.13. The zero-order valence-corrected chi connectivity index (χ0v) is 14.1. The van der Waals surface area contributed by atoms with Crippen molar-refractivity contribution < 1.29 is 18.7 Å². The number of aromatic nitrogens is 1. The highest BCUT2D eigenvalue weighted by molar-refractivity contribution is 6.13. The number of anilines is 1. The number of carbonyl (C=O) groups is 2. The average Bonchev–Trinajstić information content (AvgIpc) is 2.99. The summed E-state index contributed by atoms with van der Waals surface area (Å²) in [4.78, 5) is 27.3. The molecule has 0 aliphatic rings. The molecule has 2 aromatic carbocycles. The first-order valence-electron chi connectivity index (χ1n) is 8.11. The molecule has 3 rings (SSSR count). The molecule has 6 heteroatoms. The van der Waals surface area contributed by atoms with Gasteiger partial charge in [0.05, 0.1) is 12.3 Å². The number of esters is 1. The Balaban J connectivity index is 1.93. The molecule has 26 heavy (non-hydrogen) atoms. The van der Waals surface area contributed by atoms with Crippen LogP contribution in [0.25, 0.3) is 17.0 Å². The maximum Gasteiger partial charge on any atom is 0.356 e. The van der Waals surface area contributed by atoms with E-state index in [-0.39, 0.29) is 18.0 Å². The van der Waals surface area contributed by atoms with E-state index in [2.05, 4.69) is 10.3 Å². The highest BCUT2D eigenvalue weighted by atomic mass is 19.1. The fourth-order valence-electron chi connectivity index (χ4n) is 2.55. The Hall–Kier alpha value is -3.41. The van der Waals surface area contributed by atoms with Gasteiger partial charge in [0.1, 0.15) is 11.5 Å². The Labute approximate surface area is 149 Å². The van der Waals surface area contributed by atoms with Crippen LogP contribution < -0.4 is 5.32 Å². The van der Waals surface area contributed by atoms with Crippen LogP contribution in [0.3, 0.4) is 0 Å². The number of aromatic amines is 1. The van der Waals surface area contributed by atoms with Gasteiger partial charge in [0, 0.05) is 17.0 Å². The summed E-state index contributed by atoms with van der Waals surface area (Å²) >= 11 is 0. The summed E-state index contributed by atoms with van der Waals surface area (Å²) in [7, 11) is 0. The molecular formula is C20H17FN2O3. The lowest BCUT2D eigenvalue weighted by atomic mass is 10.2. The fourth-order valence-corrected chi connectivity index (χ4v) is 2.55. The van der Waals surface area contributed by atoms with E-state index >= 15 is 0 Å². The molecule has 0 unspecified atom stereocenters. The molecule has 0 saturated carbocycles. The van der Waals surface area contributed by atoms with Crippen LogP contribution in [0.4, 0.5) is 10.1 Å². The van der Waals surface area contributed by atoms with E-state index in [4.69, 9.17) is 4.74 Å². The van der Waals surface area contributed by atoms with E-state index in [1.807, 2.05) is 30.3 Å². The molecule has 0 spiro atoms. The van der Waals surface area contributed by atoms with Gasteiger partial charge in [-0.05, 0) is 36.8 Å². The summed E-state index contributed by atoms with van der Waals surface area (Å²) in [6, 6.07) is 13.3. The molecule has 2 N–H and O–H groups in total. The number of ether oxygens (including phenoxy) is 1. The van der Waals surface area contributed by atoms with Gasteiger partial charge in [-0.15, -0.1) is 0 Å². The smallest absolute Gasteiger partial charge is 0.356 e. The number of halogens is 1. The highest BCUT2D eigenvalue weighted by Gasteiger charge is 2.20. The van der Waals surface area contributed by atoms with Crippen molar-refractivity contribution in [3.8, 4) is 0 Å². The summed E-state index contributed by atoms with van der Waals surface area (Å²) in [5.74, 6) is -1.53. The number of nitrogens with one attached hydrogen (secondary N) is 2. The third-order valence-electron chi connectivity index (χ3n) is 3.72. The van der Waals surface area contributed by atoms with Crippen molar-refractivity contribution in [3.63, 3.8) is 0 Å². The molecule has 0 aliphatic carbocycles. The monoisotopic (exact) mass is 352 g/mol. The van der Waals surface area contributed by atoms with Crippen LogP contribution in [0.1, 0.15) is 23.0 Å². The fraction of sp³-hybridized carbons (Fsp3) is 0.100. The molecule has 1 heterocycles. The zero-order valence-electron chi connectivity index (χ0n) is 14.1. The molecule has 1 amide bonds. The number of rotatable bonds is 5. The second-order valence-electron chi connectivity index (χ2n) is 5.52. The van der Waals surface area contributed by atoms with Gasteiger partial charge in [-0.1, -0.05) is 30.3 Å². The van der Waals surface area contributed by atoms with Crippen LogP contribution in [0.5, 0.6) is 0 Å². The van der Waals surface area contributed by atoms with Crippen molar-refractivity contribution in [3.05, 3.63) is 71.7 Å². The van der Waals surface area contributed by atoms with E-state index in [0.29, 0.717) is 10.9 Å². The van der Waals surface area contributed by atoms with Crippen molar-refractivity contribution in [1.29, 1.82) is 0 Å². The zero-order chi connectivity index (χ0) is 18.5. The van der Waals surface area contributed by atoms with Gasteiger partial charge in [0.25, 0.3) is 0 Å². The minimum Gasteiger partial charge on any atom is -0.461 e. The number of carbonyl (C=O) groups excluding carboxylic acids is 2. The lowest BCUT2D eigenvalue weighted by Gasteiger charge is -2.05. The van der Waals surface area contributed by atoms with E-state index < -0.39 is 17.7 Å². The first-order valence-corrected chi connectivity index (χ1v) is 8.11. The van der Waals surface area contributed by atoms with Crippen LogP contribution in [-0.2, 0) is 9.53 Å². The van der Waals surface area contributed by atoms with Gasteiger partial charge in [-0.3, -0.25) is 4.79 Å². The summed E-state index contributed by atoms with van der Waals surface area (Å²) in [5, 5.41) is 3.04. The second kappa shape index (κ2) is 7.65. The van der Waals surface area contributed by atoms with Gasteiger partial charge in [0.15, 0.2) is 0 Å². The van der Waals surface area contributed by atoms with Crippen LogP contribution in [0.2, 0.25) is 0 Å². The van der Waals surface area contributed by atoms with E-state index in [1.54, 1.807) is 13.0 Å². The number of H-pyrrole nitrogens is 1.